The van der Waals surface area contributed by atoms with Crippen LogP contribution in [0.25, 0.3) is 0 Å². The number of amides is 2. The molecule has 4 fully saturated rings. The summed E-state index contributed by atoms with van der Waals surface area (Å²) in [4.78, 5) is 46.5. The summed E-state index contributed by atoms with van der Waals surface area (Å²) < 4.78 is 17.2. The molecule has 1 spiro atoms. The Labute approximate surface area is 212 Å². The number of likely N-dealkylation sites (tertiary alicyclic amines) is 1. The van der Waals surface area contributed by atoms with E-state index in [1.165, 1.54) is 6.08 Å². The monoisotopic (exact) mass is 505 g/mol. The van der Waals surface area contributed by atoms with Crippen molar-refractivity contribution in [1.82, 2.24) is 14.7 Å². The van der Waals surface area contributed by atoms with Gasteiger partial charge in [-0.05, 0) is 25.7 Å². The maximum atomic E-state index is 14.2. The Morgan fingerprint density at radius 2 is 1.97 bits per heavy atom. The van der Waals surface area contributed by atoms with Crippen LogP contribution >= 0.6 is 0 Å². The van der Waals surface area contributed by atoms with Crippen molar-refractivity contribution in [3.63, 3.8) is 0 Å². The number of morpholine rings is 1. The second kappa shape index (κ2) is 11.9. The third-order valence-corrected chi connectivity index (χ3v) is 7.91. The molecule has 4 heterocycles. The second-order valence-corrected chi connectivity index (χ2v) is 9.96. The van der Waals surface area contributed by atoms with Crippen LogP contribution < -0.4 is 0 Å². The standard InChI is InChI=1S/C26H39N3O7/c1-3-9-28(12-11-27-13-17-34-18-14-27)24(32)22-26-8-7-19(36-26)20(25(33)35-16-4-2)21(26)23(31)29(22)10-5-6-15-30/h3-4,19-22,30H,1-2,5-18H2/t19-,20+,21-,22?,26?/m0/s1. The second-order valence-electron chi connectivity index (χ2n) is 9.96. The number of fused-ring (bicyclic) bond motifs is 1. The lowest BCUT2D eigenvalue weighted by Crippen LogP contribution is -2.57. The van der Waals surface area contributed by atoms with Gasteiger partial charge < -0.3 is 29.1 Å². The minimum absolute atomic E-state index is 0.00638. The predicted octanol–water partition coefficient (Wildman–Crippen LogP) is 0.210. The molecular weight excluding hydrogens is 466 g/mol. The van der Waals surface area contributed by atoms with Crippen molar-refractivity contribution in [3.8, 4) is 0 Å². The van der Waals surface area contributed by atoms with Crippen molar-refractivity contribution in [2.45, 2.75) is 43.4 Å². The van der Waals surface area contributed by atoms with E-state index in [2.05, 4.69) is 18.1 Å². The van der Waals surface area contributed by atoms with Crippen LogP contribution in [0.3, 0.4) is 0 Å². The van der Waals surface area contributed by atoms with E-state index in [1.54, 1.807) is 15.9 Å². The lowest BCUT2D eigenvalue weighted by molar-refractivity contribution is -0.154. The predicted molar refractivity (Wildman–Crippen MR) is 131 cm³/mol. The molecule has 2 amide bonds. The Balaban J connectivity index is 1.59. The Kier molecular flexibility index (Phi) is 8.82. The average Bonchev–Trinajstić information content (AvgIpc) is 3.53. The molecular formula is C26H39N3O7. The summed E-state index contributed by atoms with van der Waals surface area (Å²) in [7, 11) is 0. The molecule has 4 aliphatic heterocycles. The van der Waals surface area contributed by atoms with Crippen LogP contribution in [0.2, 0.25) is 0 Å². The SMILES string of the molecule is C=CCOC(=O)[C@@H]1[C@@H]2CCC3(O2)C(C(=O)N(CC=C)CCN2CCOCC2)N(CCCCO)C(=O)[C@H]13. The van der Waals surface area contributed by atoms with Gasteiger partial charge in [-0.2, -0.15) is 0 Å². The summed E-state index contributed by atoms with van der Waals surface area (Å²) in [6.45, 7) is 12.4. The van der Waals surface area contributed by atoms with Crippen molar-refractivity contribution < 1.29 is 33.7 Å². The number of ether oxygens (including phenoxy) is 3. The highest BCUT2D eigenvalue weighted by molar-refractivity contribution is 5.98. The van der Waals surface area contributed by atoms with Crippen molar-refractivity contribution in [3.05, 3.63) is 25.3 Å². The molecule has 0 aliphatic carbocycles. The zero-order valence-electron chi connectivity index (χ0n) is 21.0. The molecule has 4 saturated heterocycles. The van der Waals surface area contributed by atoms with Crippen molar-refractivity contribution in [2.75, 3.05) is 65.7 Å². The largest absolute Gasteiger partial charge is 0.461 e. The van der Waals surface area contributed by atoms with Gasteiger partial charge in [0.05, 0.1) is 31.2 Å². The molecule has 0 radical (unpaired) electrons. The maximum absolute atomic E-state index is 14.2. The van der Waals surface area contributed by atoms with E-state index in [4.69, 9.17) is 14.2 Å². The van der Waals surface area contributed by atoms with Crippen molar-refractivity contribution in [2.24, 2.45) is 11.8 Å². The lowest BCUT2D eigenvalue weighted by atomic mass is 9.70. The molecule has 0 aromatic carbocycles. The van der Waals surface area contributed by atoms with Crippen LogP contribution in [0.15, 0.2) is 25.3 Å². The molecule has 5 atom stereocenters. The number of aliphatic hydroxyl groups is 1. The summed E-state index contributed by atoms with van der Waals surface area (Å²) in [6, 6.07) is -0.819. The zero-order valence-corrected chi connectivity index (χ0v) is 21.0. The number of carbonyl (C=O) groups excluding carboxylic acids is 3. The van der Waals surface area contributed by atoms with Crippen molar-refractivity contribution >= 4 is 17.8 Å². The molecule has 200 valence electrons. The fourth-order valence-corrected chi connectivity index (χ4v) is 6.28. The normalized spacial score (nSPS) is 31.4. The first-order valence-corrected chi connectivity index (χ1v) is 13.0. The molecule has 0 saturated carbocycles. The van der Waals surface area contributed by atoms with E-state index in [9.17, 15) is 19.5 Å². The highest BCUT2D eigenvalue weighted by Gasteiger charge is 2.74. The van der Waals surface area contributed by atoms with Gasteiger partial charge in [-0.3, -0.25) is 19.3 Å². The third kappa shape index (κ3) is 4.96. The topological polar surface area (TPSA) is 109 Å². The summed E-state index contributed by atoms with van der Waals surface area (Å²) in [6.07, 6.45) is 4.96. The summed E-state index contributed by atoms with van der Waals surface area (Å²) in [5.74, 6) is -2.37. The average molecular weight is 506 g/mol. The van der Waals surface area contributed by atoms with Crippen LogP contribution in [-0.2, 0) is 28.6 Å². The Morgan fingerprint density at radius 3 is 2.67 bits per heavy atom. The van der Waals surface area contributed by atoms with Gasteiger partial charge in [0.15, 0.2) is 0 Å². The fourth-order valence-electron chi connectivity index (χ4n) is 6.28. The lowest BCUT2D eigenvalue weighted by Gasteiger charge is -2.37. The quantitative estimate of drug-likeness (QED) is 0.215. The number of nitrogens with zero attached hydrogens (tertiary/aromatic N) is 3. The number of hydrogen-bond acceptors (Lipinski definition) is 8. The number of esters is 1. The Hall–Kier alpha value is -2.27. The molecule has 2 unspecified atom stereocenters. The van der Waals surface area contributed by atoms with E-state index >= 15 is 0 Å². The molecule has 36 heavy (non-hydrogen) atoms. The smallest absolute Gasteiger partial charge is 0.312 e. The van der Waals surface area contributed by atoms with Crippen LogP contribution in [0.1, 0.15) is 25.7 Å². The first kappa shape index (κ1) is 26.8. The molecule has 10 nitrogen and oxygen atoms in total. The number of hydrogen-bond donors (Lipinski definition) is 1. The van der Waals surface area contributed by atoms with Crippen LogP contribution in [0.4, 0.5) is 0 Å². The van der Waals surface area contributed by atoms with E-state index in [0.717, 1.165) is 13.1 Å². The van der Waals surface area contributed by atoms with Gasteiger partial charge in [0, 0.05) is 45.9 Å². The first-order chi connectivity index (χ1) is 17.5. The molecule has 4 aliphatic rings. The Morgan fingerprint density at radius 1 is 1.19 bits per heavy atom. The molecule has 4 rings (SSSR count). The molecule has 10 heteroatoms. The summed E-state index contributed by atoms with van der Waals surface area (Å²) >= 11 is 0. The maximum Gasteiger partial charge on any atom is 0.312 e. The molecule has 2 bridgehead atoms. The van der Waals surface area contributed by atoms with Gasteiger partial charge in [-0.25, -0.2) is 0 Å². The summed E-state index contributed by atoms with van der Waals surface area (Å²) in [5.41, 5.74) is -1.05. The summed E-state index contributed by atoms with van der Waals surface area (Å²) in [5, 5.41) is 9.30. The van der Waals surface area contributed by atoms with E-state index < -0.39 is 35.6 Å². The van der Waals surface area contributed by atoms with Crippen LogP contribution in [0, 0.1) is 11.8 Å². The fraction of sp³-hybridized carbons (Fsp3) is 0.731. The molecule has 1 N–H and O–H groups in total. The minimum atomic E-state index is -1.05. The highest BCUT2D eigenvalue weighted by Crippen LogP contribution is 2.58. The van der Waals surface area contributed by atoms with Gasteiger partial charge in [0.1, 0.15) is 18.2 Å². The molecule has 0 aromatic heterocycles. The Bertz CT molecular complexity index is 845. The van der Waals surface area contributed by atoms with E-state index in [0.29, 0.717) is 65.1 Å². The number of unbranched alkanes of at least 4 members (excludes halogenated alkanes) is 1. The first-order valence-electron chi connectivity index (χ1n) is 13.0. The minimum Gasteiger partial charge on any atom is -0.461 e. The highest BCUT2D eigenvalue weighted by atomic mass is 16.6. The number of rotatable bonds is 13. The third-order valence-electron chi connectivity index (χ3n) is 7.91. The van der Waals surface area contributed by atoms with Crippen LogP contribution in [-0.4, -0.2) is 121 Å². The molecule has 0 aromatic rings. The van der Waals surface area contributed by atoms with Gasteiger partial charge >= 0.3 is 5.97 Å². The van der Waals surface area contributed by atoms with Gasteiger partial charge in [-0.15, -0.1) is 6.58 Å². The van der Waals surface area contributed by atoms with E-state index in [-0.39, 0.29) is 25.0 Å². The van der Waals surface area contributed by atoms with Crippen LogP contribution in [0.5, 0.6) is 0 Å². The van der Waals surface area contributed by atoms with Gasteiger partial charge in [0.2, 0.25) is 11.8 Å². The van der Waals surface area contributed by atoms with Crippen molar-refractivity contribution in [1.29, 1.82) is 0 Å². The zero-order chi connectivity index (χ0) is 25.7. The number of carbonyl (C=O) groups is 3. The van der Waals surface area contributed by atoms with Gasteiger partial charge in [0.25, 0.3) is 0 Å². The van der Waals surface area contributed by atoms with Gasteiger partial charge in [-0.1, -0.05) is 18.7 Å². The number of aliphatic hydroxyl groups excluding tert-OH is 1. The van der Waals surface area contributed by atoms with E-state index in [1.807, 2.05) is 0 Å².